The van der Waals surface area contributed by atoms with E-state index in [9.17, 15) is 9.59 Å². The number of carbonyl (C=O) groups excluding carboxylic acids is 2. The molecule has 4 heteroatoms. The minimum Gasteiger partial charge on any atom is -0.322 e. The van der Waals surface area contributed by atoms with Crippen LogP contribution in [0.2, 0.25) is 0 Å². The van der Waals surface area contributed by atoms with Crippen molar-refractivity contribution in [3.05, 3.63) is 95.8 Å². The Bertz CT molecular complexity index is 830. The Morgan fingerprint density at radius 1 is 0.783 bits per heavy atom. The van der Waals surface area contributed by atoms with Crippen molar-refractivity contribution >= 4 is 17.4 Å². The molecule has 1 heterocycles. The molecular weight excluding hydrogens is 288 g/mol. The molecule has 2 aromatic carbocycles. The van der Waals surface area contributed by atoms with Crippen LogP contribution in [0.5, 0.6) is 0 Å². The smallest absolute Gasteiger partial charge is 0.256 e. The van der Waals surface area contributed by atoms with Gasteiger partial charge in [0.1, 0.15) is 0 Å². The van der Waals surface area contributed by atoms with Crippen LogP contribution >= 0.6 is 0 Å². The third kappa shape index (κ3) is 3.32. The minimum absolute atomic E-state index is 0.225. The predicted molar refractivity (Wildman–Crippen MR) is 88.5 cm³/mol. The summed E-state index contributed by atoms with van der Waals surface area (Å²) < 4.78 is 0. The fourth-order valence-corrected chi connectivity index (χ4v) is 2.24. The summed E-state index contributed by atoms with van der Waals surface area (Å²) in [5.74, 6) is -0.560. The van der Waals surface area contributed by atoms with Gasteiger partial charge in [0.15, 0.2) is 5.78 Å². The number of nitrogens with one attached hydrogen (secondary N) is 1. The van der Waals surface area contributed by atoms with Crippen molar-refractivity contribution in [3.8, 4) is 0 Å². The lowest BCUT2D eigenvalue weighted by Crippen LogP contribution is -2.17. The third-order valence-electron chi connectivity index (χ3n) is 3.38. The lowest BCUT2D eigenvalue weighted by molar-refractivity contribution is 0.0996. The molecule has 3 rings (SSSR count). The number of amides is 1. The molecule has 0 atom stereocenters. The second-order valence-electron chi connectivity index (χ2n) is 4.94. The molecule has 0 unspecified atom stereocenters. The molecule has 1 aromatic heterocycles. The van der Waals surface area contributed by atoms with Crippen LogP contribution in [-0.2, 0) is 0 Å². The molecule has 0 saturated heterocycles. The van der Waals surface area contributed by atoms with Crippen molar-refractivity contribution in [1.29, 1.82) is 0 Å². The molecule has 0 saturated carbocycles. The Morgan fingerprint density at radius 3 is 2.13 bits per heavy atom. The lowest BCUT2D eigenvalue weighted by atomic mass is 10.00. The average Bonchev–Trinajstić information content (AvgIpc) is 2.62. The predicted octanol–water partition coefficient (Wildman–Crippen LogP) is 3.56. The fraction of sp³-hybridized carbons (Fsp3) is 0. The zero-order chi connectivity index (χ0) is 16.1. The highest BCUT2D eigenvalue weighted by Gasteiger charge is 2.18. The van der Waals surface area contributed by atoms with Crippen molar-refractivity contribution in [1.82, 2.24) is 4.98 Å². The second-order valence-corrected chi connectivity index (χ2v) is 4.94. The second kappa shape index (κ2) is 6.66. The van der Waals surface area contributed by atoms with Gasteiger partial charge in [-0.15, -0.1) is 0 Å². The van der Waals surface area contributed by atoms with Crippen LogP contribution in [0.1, 0.15) is 26.3 Å². The maximum absolute atomic E-state index is 12.6. The summed E-state index contributed by atoms with van der Waals surface area (Å²) in [7, 11) is 0. The Morgan fingerprint density at radius 2 is 1.43 bits per heavy atom. The van der Waals surface area contributed by atoms with Crippen LogP contribution in [0.4, 0.5) is 5.69 Å². The monoisotopic (exact) mass is 302 g/mol. The van der Waals surface area contributed by atoms with Crippen LogP contribution in [0.3, 0.4) is 0 Å². The van der Waals surface area contributed by atoms with Crippen molar-refractivity contribution in [2.24, 2.45) is 0 Å². The molecule has 0 fully saturated rings. The number of para-hydroxylation sites is 1. The van der Waals surface area contributed by atoms with E-state index in [1.54, 1.807) is 42.5 Å². The molecule has 0 aliphatic heterocycles. The van der Waals surface area contributed by atoms with Gasteiger partial charge in [0.2, 0.25) is 0 Å². The normalized spacial score (nSPS) is 10.1. The van der Waals surface area contributed by atoms with E-state index in [-0.39, 0.29) is 17.3 Å². The van der Waals surface area contributed by atoms with Crippen molar-refractivity contribution in [2.75, 3.05) is 5.32 Å². The highest BCUT2D eigenvalue weighted by molar-refractivity contribution is 6.17. The van der Waals surface area contributed by atoms with Gasteiger partial charge in [0.05, 0.1) is 11.1 Å². The molecule has 0 radical (unpaired) electrons. The maximum atomic E-state index is 12.6. The van der Waals surface area contributed by atoms with Gasteiger partial charge in [-0.3, -0.25) is 14.6 Å². The minimum atomic E-state index is -0.335. The number of carbonyl (C=O) groups is 2. The lowest BCUT2D eigenvalue weighted by Gasteiger charge is -2.09. The first-order chi connectivity index (χ1) is 11.3. The van der Waals surface area contributed by atoms with Gasteiger partial charge in [-0.25, -0.2) is 0 Å². The highest BCUT2D eigenvalue weighted by atomic mass is 16.2. The summed E-state index contributed by atoms with van der Waals surface area (Å²) in [6, 6.07) is 19.5. The molecule has 23 heavy (non-hydrogen) atoms. The largest absolute Gasteiger partial charge is 0.322 e. The molecule has 0 spiro atoms. The molecule has 1 amide bonds. The Kier molecular flexibility index (Phi) is 4.25. The number of nitrogens with zero attached hydrogens (tertiary/aromatic N) is 1. The number of anilines is 1. The van der Waals surface area contributed by atoms with Gasteiger partial charge in [0, 0.05) is 23.6 Å². The molecule has 1 N–H and O–H groups in total. The van der Waals surface area contributed by atoms with Crippen molar-refractivity contribution < 1.29 is 9.59 Å². The van der Waals surface area contributed by atoms with Crippen LogP contribution < -0.4 is 5.32 Å². The number of aromatic nitrogens is 1. The number of benzene rings is 2. The van der Waals surface area contributed by atoms with E-state index in [0.29, 0.717) is 16.8 Å². The van der Waals surface area contributed by atoms with Crippen molar-refractivity contribution in [3.63, 3.8) is 0 Å². The number of pyridine rings is 1. The molecule has 3 aromatic rings. The molecule has 4 nitrogen and oxygen atoms in total. The van der Waals surface area contributed by atoms with Gasteiger partial charge < -0.3 is 5.32 Å². The Hall–Kier alpha value is -3.27. The first-order valence-corrected chi connectivity index (χ1v) is 7.16. The maximum Gasteiger partial charge on any atom is 0.256 e. The van der Waals surface area contributed by atoms with Gasteiger partial charge in [-0.1, -0.05) is 48.5 Å². The van der Waals surface area contributed by atoms with Crippen LogP contribution in [0.15, 0.2) is 79.1 Å². The van der Waals surface area contributed by atoms with Crippen LogP contribution in [0.25, 0.3) is 0 Å². The van der Waals surface area contributed by atoms with E-state index in [2.05, 4.69) is 10.3 Å². The first kappa shape index (κ1) is 14.7. The number of hydrogen-bond acceptors (Lipinski definition) is 3. The van der Waals surface area contributed by atoms with Crippen LogP contribution in [0, 0.1) is 0 Å². The number of rotatable bonds is 4. The van der Waals surface area contributed by atoms with E-state index < -0.39 is 0 Å². The molecule has 112 valence electrons. The Labute approximate surface area is 133 Å². The average molecular weight is 302 g/mol. The SMILES string of the molecule is O=C(Nc1ccccc1)c1ccncc1C(=O)c1ccccc1. The fourth-order valence-electron chi connectivity index (χ4n) is 2.24. The number of ketones is 1. The summed E-state index contributed by atoms with van der Waals surface area (Å²) in [5, 5.41) is 2.79. The summed E-state index contributed by atoms with van der Waals surface area (Å²) >= 11 is 0. The molecule has 0 bridgehead atoms. The third-order valence-corrected chi connectivity index (χ3v) is 3.38. The quantitative estimate of drug-likeness (QED) is 0.750. The van der Waals surface area contributed by atoms with Gasteiger partial charge >= 0.3 is 0 Å². The summed E-state index contributed by atoms with van der Waals surface area (Å²) in [4.78, 5) is 29.1. The van der Waals surface area contributed by atoms with Crippen molar-refractivity contribution in [2.45, 2.75) is 0 Å². The Balaban J connectivity index is 1.92. The van der Waals surface area contributed by atoms with E-state index in [0.717, 1.165) is 0 Å². The zero-order valence-corrected chi connectivity index (χ0v) is 12.3. The highest BCUT2D eigenvalue weighted by Crippen LogP contribution is 2.16. The zero-order valence-electron chi connectivity index (χ0n) is 12.3. The van der Waals surface area contributed by atoms with Gasteiger partial charge in [-0.05, 0) is 18.2 Å². The standard InChI is InChI=1S/C19H14N2O2/c22-18(14-7-3-1-4-8-14)17-13-20-12-11-16(17)19(23)21-15-9-5-2-6-10-15/h1-13H,(H,21,23). The van der Waals surface area contributed by atoms with E-state index >= 15 is 0 Å². The van der Waals surface area contributed by atoms with E-state index in [1.807, 2.05) is 24.3 Å². The van der Waals surface area contributed by atoms with Gasteiger partial charge in [0.25, 0.3) is 5.91 Å². The molecular formula is C19H14N2O2. The summed E-state index contributed by atoms with van der Waals surface area (Å²) in [6.07, 6.45) is 2.93. The van der Waals surface area contributed by atoms with Crippen LogP contribution in [-0.4, -0.2) is 16.7 Å². The molecule has 0 aliphatic carbocycles. The van der Waals surface area contributed by atoms with E-state index in [1.165, 1.54) is 12.4 Å². The topological polar surface area (TPSA) is 59.1 Å². The van der Waals surface area contributed by atoms with Gasteiger partial charge in [-0.2, -0.15) is 0 Å². The number of hydrogen-bond donors (Lipinski definition) is 1. The summed E-state index contributed by atoms with van der Waals surface area (Å²) in [6.45, 7) is 0. The first-order valence-electron chi connectivity index (χ1n) is 7.16. The molecule has 0 aliphatic rings. The van der Waals surface area contributed by atoms with E-state index in [4.69, 9.17) is 0 Å². The summed E-state index contributed by atoms with van der Waals surface area (Å²) in [5.41, 5.74) is 1.78.